The maximum absolute atomic E-state index is 11.2. The Balaban J connectivity index is 3.30. The topological polar surface area (TPSA) is 49.7 Å². The molecule has 0 atom stereocenters. The Morgan fingerprint density at radius 3 is 2.64 bits per heavy atom. The van der Waals surface area contributed by atoms with Gasteiger partial charge in [-0.2, -0.15) is 0 Å². The number of nitrogens with zero attached hydrogens (tertiary/aromatic N) is 1. The summed E-state index contributed by atoms with van der Waals surface area (Å²) in [5.74, 6) is -0.205. The Labute approximate surface area is 82.4 Å². The van der Waals surface area contributed by atoms with E-state index in [1.807, 2.05) is 0 Å². The third-order valence-electron chi connectivity index (χ3n) is 1.87. The first kappa shape index (κ1) is 10.2. The number of rotatable bonds is 3. The fourth-order valence-electron chi connectivity index (χ4n) is 1.19. The predicted octanol–water partition coefficient (Wildman–Crippen LogP) is 2.51. The highest BCUT2D eigenvalue weighted by Gasteiger charge is 2.10. The van der Waals surface area contributed by atoms with Crippen LogP contribution in [0, 0.1) is 0 Å². The summed E-state index contributed by atoms with van der Waals surface area (Å²) in [5.41, 5.74) is 1.42. The van der Waals surface area contributed by atoms with E-state index in [2.05, 4.69) is 11.7 Å². The molecular formula is C11H11NO2. The normalized spacial score (nSPS) is 11.1. The van der Waals surface area contributed by atoms with Gasteiger partial charge in [-0.3, -0.25) is 9.79 Å². The summed E-state index contributed by atoms with van der Waals surface area (Å²) in [5, 5.41) is 8.92. The SMILES string of the molecule is C=Nc1ccccc1C(=CO)C(C)=O. The molecule has 3 nitrogen and oxygen atoms in total. The van der Waals surface area contributed by atoms with Gasteiger partial charge in [0.1, 0.15) is 0 Å². The number of benzene rings is 1. The van der Waals surface area contributed by atoms with Gasteiger partial charge < -0.3 is 5.11 Å². The van der Waals surface area contributed by atoms with Gasteiger partial charge in [-0.05, 0) is 19.7 Å². The van der Waals surface area contributed by atoms with Crippen molar-refractivity contribution in [3.8, 4) is 0 Å². The number of hydrogen-bond donors (Lipinski definition) is 1. The summed E-state index contributed by atoms with van der Waals surface area (Å²) in [6.45, 7) is 4.79. The van der Waals surface area contributed by atoms with E-state index in [-0.39, 0.29) is 11.4 Å². The zero-order valence-corrected chi connectivity index (χ0v) is 7.90. The monoisotopic (exact) mass is 189 g/mol. The highest BCUT2D eigenvalue weighted by atomic mass is 16.2. The summed E-state index contributed by atoms with van der Waals surface area (Å²) in [4.78, 5) is 14.9. The predicted molar refractivity (Wildman–Crippen MR) is 56.9 cm³/mol. The molecule has 0 bridgehead atoms. The Kier molecular flexibility index (Phi) is 3.18. The van der Waals surface area contributed by atoms with Crippen molar-refractivity contribution in [2.75, 3.05) is 0 Å². The number of aliphatic imine (C=N–C) groups is 1. The van der Waals surface area contributed by atoms with Crippen molar-refractivity contribution in [1.82, 2.24) is 0 Å². The molecule has 0 radical (unpaired) electrons. The highest BCUT2D eigenvalue weighted by Crippen LogP contribution is 2.25. The van der Waals surface area contributed by atoms with Gasteiger partial charge in [0, 0.05) is 5.56 Å². The van der Waals surface area contributed by atoms with E-state index < -0.39 is 0 Å². The summed E-state index contributed by atoms with van der Waals surface area (Å²) < 4.78 is 0. The van der Waals surface area contributed by atoms with Gasteiger partial charge in [0.05, 0.1) is 17.5 Å². The Morgan fingerprint density at radius 1 is 1.50 bits per heavy atom. The molecule has 0 fully saturated rings. The Hall–Kier alpha value is -1.90. The van der Waals surface area contributed by atoms with Crippen LogP contribution in [0.5, 0.6) is 0 Å². The van der Waals surface area contributed by atoms with Crippen LogP contribution in [0.4, 0.5) is 5.69 Å². The van der Waals surface area contributed by atoms with Crippen LogP contribution >= 0.6 is 0 Å². The average molecular weight is 189 g/mol. The third-order valence-corrected chi connectivity index (χ3v) is 1.87. The minimum absolute atomic E-state index is 0.205. The van der Waals surface area contributed by atoms with Crippen molar-refractivity contribution in [2.24, 2.45) is 4.99 Å². The van der Waals surface area contributed by atoms with E-state index in [9.17, 15) is 4.79 Å². The lowest BCUT2D eigenvalue weighted by Crippen LogP contribution is -1.96. The van der Waals surface area contributed by atoms with Gasteiger partial charge in [-0.1, -0.05) is 18.2 Å². The molecule has 3 heteroatoms. The van der Waals surface area contributed by atoms with Crippen molar-refractivity contribution in [2.45, 2.75) is 6.92 Å². The van der Waals surface area contributed by atoms with Gasteiger partial charge in [0.25, 0.3) is 0 Å². The van der Waals surface area contributed by atoms with Crippen molar-refractivity contribution < 1.29 is 9.90 Å². The number of carbonyl (C=O) groups is 1. The second-order valence-corrected chi connectivity index (χ2v) is 2.77. The van der Waals surface area contributed by atoms with E-state index in [0.29, 0.717) is 11.3 Å². The van der Waals surface area contributed by atoms with Gasteiger partial charge >= 0.3 is 0 Å². The molecule has 0 unspecified atom stereocenters. The number of para-hydroxylation sites is 1. The molecule has 0 heterocycles. The second kappa shape index (κ2) is 4.37. The third kappa shape index (κ3) is 1.88. The fraction of sp³-hybridized carbons (Fsp3) is 0.0909. The molecule has 0 aliphatic carbocycles. The summed E-state index contributed by atoms with van der Waals surface area (Å²) >= 11 is 0. The number of aliphatic hydroxyl groups excluding tert-OH is 1. The molecule has 1 aromatic carbocycles. The Bertz CT molecular complexity index is 394. The smallest absolute Gasteiger partial charge is 0.163 e. The first-order valence-corrected chi connectivity index (χ1v) is 4.12. The number of carbonyl (C=O) groups excluding carboxylic acids is 1. The summed E-state index contributed by atoms with van der Waals surface area (Å²) in [7, 11) is 0. The molecule has 0 aliphatic heterocycles. The number of aliphatic hydroxyl groups is 1. The van der Waals surface area contributed by atoms with Crippen LogP contribution in [-0.2, 0) is 4.79 Å². The fourth-order valence-corrected chi connectivity index (χ4v) is 1.19. The minimum Gasteiger partial charge on any atom is -0.515 e. The molecule has 0 amide bonds. The van der Waals surface area contributed by atoms with Gasteiger partial charge in [-0.25, -0.2) is 0 Å². The molecule has 1 rings (SSSR count). The van der Waals surface area contributed by atoms with Crippen molar-refractivity contribution in [3.63, 3.8) is 0 Å². The van der Waals surface area contributed by atoms with Crippen molar-refractivity contribution in [3.05, 3.63) is 36.1 Å². The van der Waals surface area contributed by atoms with Crippen molar-refractivity contribution >= 4 is 23.8 Å². The van der Waals surface area contributed by atoms with E-state index >= 15 is 0 Å². The lowest BCUT2D eigenvalue weighted by Gasteiger charge is -2.05. The standard InChI is InChI=1S/C11H11NO2/c1-8(14)10(7-13)9-5-3-4-6-11(9)12-2/h3-7,13H,2H2,1H3. The molecule has 0 aromatic heterocycles. The number of allylic oxidation sites excluding steroid dienone is 1. The van der Waals surface area contributed by atoms with Crippen LogP contribution in [0.2, 0.25) is 0 Å². The molecular weight excluding hydrogens is 178 g/mol. The zero-order chi connectivity index (χ0) is 10.6. The summed E-state index contributed by atoms with van der Waals surface area (Å²) in [6, 6.07) is 7.02. The van der Waals surface area contributed by atoms with Crippen LogP contribution in [-0.4, -0.2) is 17.6 Å². The van der Waals surface area contributed by atoms with Gasteiger partial charge in [0.15, 0.2) is 5.78 Å². The van der Waals surface area contributed by atoms with Gasteiger partial charge in [0.2, 0.25) is 0 Å². The minimum atomic E-state index is -0.205. The van der Waals surface area contributed by atoms with Crippen LogP contribution in [0.1, 0.15) is 12.5 Å². The van der Waals surface area contributed by atoms with Crippen LogP contribution in [0.15, 0.2) is 35.5 Å². The maximum Gasteiger partial charge on any atom is 0.163 e. The average Bonchev–Trinajstić information content (AvgIpc) is 2.19. The number of Topliss-reactive ketones (excluding diaryl/α,β-unsaturated/α-hetero) is 1. The number of hydrogen-bond acceptors (Lipinski definition) is 3. The van der Waals surface area contributed by atoms with Crippen LogP contribution in [0.25, 0.3) is 5.57 Å². The first-order chi connectivity index (χ1) is 6.70. The Morgan fingerprint density at radius 2 is 2.14 bits per heavy atom. The number of ketones is 1. The summed E-state index contributed by atoms with van der Waals surface area (Å²) in [6.07, 6.45) is 0.798. The van der Waals surface area contributed by atoms with E-state index in [0.717, 1.165) is 6.26 Å². The lowest BCUT2D eigenvalue weighted by atomic mass is 10.0. The molecule has 0 saturated heterocycles. The second-order valence-electron chi connectivity index (χ2n) is 2.77. The van der Waals surface area contributed by atoms with Crippen LogP contribution < -0.4 is 0 Å². The quantitative estimate of drug-likeness (QED) is 0.451. The molecule has 1 aromatic rings. The zero-order valence-electron chi connectivity index (χ0n) is 7.90. The molecule has 14 heavy (non-hydrogen) atoms. The molecule has 72 valence electrons. The van der Waals surface area contributed by atoms with Crippen molar-refractivity contribution in [1.29, 1.82) is 0 Å². The maximum atomic E-state index is 11.2. The molecule has 0 saturated carbocycles. The highest BCUT2D eigenvalue weighted by molar-refractivity contribution is 6.20. The van der Waals surface area contributed by atoms with Crippen LogP contribution in [0.3, 0.4) is 0 Å². The molecule has 0 aliphatic rings. The van der Waals surface area contributed by atoms with E-state index in [4.69, 9.17) is 5.11 Å². The first-order valence-electron chi connectivity index (χ1n) is 4.12. The van der Waals surface area contributed by atoms with Gasteiger partial charge in [-0.15, -0.1) is 0 Å². The lowest BCUT2D eigenvalue weighted by molar-refractivity contribution is -0.111. The molecule has 0 spiro atoms. The van der Waals surface area contributed by atoms with E-state index in [1.54, 1.807) is 24.3 Å². The van der Waals surface area contributed by atoms with E-state index in [1.165, 1.54) is 6.92 Å². The molecule has 1 N–H and O–H groups in total. The largest absolute Gasteiger partial charge is 0.515 e.